The number of carbonyl (C=O) groups is 1. The maximum atomic E-state index is 12.3. The fraction of sp³-hybridized carbons (Fsp3) is 0.308. The van der Waals surface area contributed by atoms with Gasteiger partial charge in [0, 0.05) is 23.5 Å². The number of nitrogens with zero attached hydrogens (tertiary/aromatic N) is 4. The Morgan fingerprint density at radius 1 is 1.06 bits per heavy atom. The smallest absolute Gasteiger partial charge is 0.287 e. The van der Waals surface area contributed by atoms with Crippen molar-refractivity contribution in [1.29, 1.82) is 0 Å². The van der Waals surface area contributed by atoms with E-state index in [0.29, 0.717) is 5.96 Å². The minimum atomic E-state index is -0.530. The van der Waals surface area contributed by atoms with Gasteiger partial charge in [-0.3, -0.25) is 9.79 Å². The van der Waals surface area contributed by atoms with Crippen LogP contribution < -0.4 is 15.2 Å². The molecule has 0 fully saturated rings. The van der Waals surface area contributed by atoms with Crippen LogP contribution in [0.15, 0.2) is 63.9 Å². The number of carbonyl (C=O) groups excluding carboxylic acids is 1. The fourth-order valence-electron chi connectivity index (χ4n) is 5.21. The topological polar surface area (TPSA) is 78.2 Å². The highest BCUT2D eigenvalue weighted by molar-refractivity contribution is 6.38. The van der Waals surface area contributed by atoms with Crippen LogP contribution in [-0.4, -0.2) is 23.9 Å². The highest BCUT2D eigenvalue weighted by atomic mass is 16.2. The highest BCUT2D eigenvalue weighted by Crippen LogP contribution is 2.43. The number of fused-ring (bicyclic) bond motifs is 3. The summed E-state index contributed by atoms with van der Waals surface area (Å²) in [5.74, 6) is 1.26. The lowest BCUT2D eigenvalue weighted by molar-refractivity contribution is -0.119. The van der Waals surface area contributed by atoms with Crippen LogP contribution in [0.25, 0.3) is 0 Å². The zero-order valence-corrected chi connectivity index (χ0v) is 19.3. The standard InChI is InChI=1S/C26H26N6O/c1-25(2)10-9-16-5-7-18(14-20(16)25)32-12-11-27-15-22(32)30-24(31-32)28-17-6-8-19-21(13-17)29-23(33)26(19,3)4/h5-8,11-15H,9-10H2,1-4H3,(H-,28,29,31,33)/p+1. The molecule has 0 bridgehead atoms. The summed E-state index contributed by atoms with van der Waals surface area (Å²) in [6.07, 6.45) is 7.77. The molecule has 7 nitrogen and oxygen atoms in total. The van der Waals surface area contributed by atoms with Crippen LogP contribution in [0.2, 0.25) is 0 Å². The molecule has 1 atom stereocenters. The number of amidine groups is 1. The largest absolute Gasteiger partial charge is 0.325 e. The monoisotopic (exact) mass is 439 g/mol. The molecule has 1 unspecified atom stereocenters. The second-order valence-electron chi connectivity index (χ2n) is 10.3. The first-order valence-corrected chi connectivity index (χ1v) is 11.4. The predicted octanol–water partition coefficient (Wildman–Crippen LogP) is 4.80. The number of amides is 1. The Balaban J connectivity index is 1.37. The van der Waals surface area contributed by atoms with Crippen LogP contribution in [0.5, 0.6) is 0 Å². The first-order chi connectivity index (χ1) is 15.7. The van der Waals surface area contributed by atoms with Crippen molar-refractivity contribution in [2.75, 3.05) is 10.6 Å². The molecule has 166 valence electrons. The van der Waals surface area contributed by atoms with Crippen molar-refractivity contribution < 1.29 is 4.79 Å². The summed E-state index contributed by atoms with van der Waals surface area (Å²) in [5.41, 5.74) is 6.11. The molecule has 3 aliphatic heterocycles. The van der Waals surface area contributed by atoms with Gasteiger partial charge in [0.2, 0.25) is 5.91 Å². The van der Waals surface area contributed by atoms with Crippen molar-refractivity contribution in [3.05, 3.63) is 65.5 Å². The lowest BCUT2D eigenvalue weighted by Crippen LogP contribution is -2.44. The van der Waals surface area contributed by atoms with Gasteiger partial charge in [-0.1, -0.05) is 30.6 Å². The molecule has 0 radical (unpaired) electrons. The van der Waals surface area contributed by atoms with Crippen LogP contribution in [0.4, 0.5) is 17.1 Å². The third kappa shape index (κ3) is 2.85. The zero-order valence-electron chi connectivity index (χ0n) is 19.3. The SMILES string of the molecule is CC1(C)CCc2ccc([N+]34C=CN=CC3=NC(Nc3ccc5c(c3)NC(=O)C5(C)C)=N4)cc21. The van der Waals surface area contributed by atoms with Gasteiger partial charge in [-0.05, 0) is 66.0 Å². The van der Waals surface area contributed by atoms with E-state index in [2.05, 4.69) is 47.7 Å². The molecule has 1 aliphatic carbocycles. The molecule has 0 saturated heterocycles. The van der Waals surface area contributed by atoms with Crippen molar-refractivity contribution in [2.45, 2.75) is 51.4 Å². The second-order valence-corrected chi connectivity index (χ2v) is 10.3. The summed E-state index contributed by atoms with van der Waals surface area (Å²) >= 11 is 0. The molecule has 3 heterocycles. The Bertz CT molecular complexity index is 1350. The van der Waals surface area contributed by atoms with Crippen LogP contribution in [0.3, 0.4) is 0 Å². The third-order valence-electron chi connectivity index (χ3n) is 7.38. The molecular formula is C26H27N6O+. The number of rotatable bonds is 2. The van der Waals surface area contributed by atoms with Crippen molar-refractivity contribution >= 4 is 41.0 Å². The lowest BCUT2D eigenvalue weighted by Gasteiger charge is -2.26. The maximum Gasteiger partial charge on any atom is 0.287 e. The molecule has 1 amide bonds. The molecule has 33 heavy (non-hydrogen) atoms. The number of aryl methyl sites for hydroxylation is 1. The molecule has 2 aromatic rings. The molecule has 6 rings (SSSR count). The van der Waals surface area contributed by atoms with Gasteiger partial charge in [0.1, 0.15) is 6.21 Å². The Labute approximate surface area is 193 Å². The molecule has 2 N–H and O–H groups in total. The number of anilines is 2. The van der Waals surface area contributed by atoms with Gasteiger partial charge < -0.3 is 10.6 Å². The Kier molecular flexibility index (Phi) is 3.94. The van der Waals surface area contributed by atoms with E-state index in [0.717, 1.165) is 41.3 Å². The fourth-order valence-corrected chi connectivity index (χ4v) is 5.21. The zero-order chi connectivity index (χ0) is 23.0. The number of guanidine groups is 1. The van der Waals surface area contributed by atoms with E-state index in [1.807, 2.05) is 38.2 Å². The van der Waals surface area contributed by atoms with Crippen molar-refractivity contribution in [3.63, 3.8) is 0 Å². The van der Waals surface area contributed by atoms with Gasteiger partial charge in [0.05, 0.1) is 11.6 Å². The maximum absolute atomic E-state index is 12.3. The summed E-state index contributed by atoms with van der Waals surface area (Å²) in [7, 11) is 0. The number of aliphatic imine (C=N–C) groups is 2. The van der Waals surface area contributed by atoms with Gasteiger partial charge in [0.25, 0.3) is 11.8 Å². The number of hydrogen-bond acceptors (Lipinski definition) is 5. The lowest BCUT2D eigenvalue weighted by atomic mass is 9.86. The van der Waals surface area contributed by atoms with Crippen molar-refractivity contribution in [1.82, 2.24) is 4.59 Å². The highest BCUT2D eigenvalue weighted by Gasteiger charge is 2.44. The first-order valence-electron chi connectivity index (χ1n) is 11.4. The quantitative estimate of drug-likeness (QED) is 0.660. The minimum Gasteiger partial charge on any atom is -0.325 e. The van der Waals surface area contributed by atoms with E-state index >= 15 is 0 Å². The number of hydrogen-bond donors (Lipinski definition) is 2. The summed E-state index contributed by atoms with van der Waals surface area (Å²) in [5, 5.41) is 11.3. The summed E-state index contributed by atoms with van der Waals surface area (Å²) in [6, 6.07) is 12.6. The molecule has 0 saturated carbocycles. The van der Waals surface area contributed by atoms with Crippen LogP contribution >= 0.6 is 0 Å². The van der Waals surface area contributed by atoms with E-state index in [1.54, 1.807) is 12.4 Å². The van der Waals surface area contributed by atoms with E-state index in [-0.39, 0.29) is 15.9 Å². The molecule has 7 heteroatoms. The summed E-state index contributed by atoms with van der Waals surface area (Å²) in [6.45, 7) is 8.48. The van der Waals surface area contributed by atoms with Gasteiger partial charge in [0.15, 0.2) is 11.9 Å². The number of benzene rings is 2. The second kappa shape index (κ2) is 6.48. The number of nitrogens with one attached hydrogen (secondary N) is 2. The molecule has 2 aromatic carbocycles. The van der Waals surface area contributed by atoms with E-state index in [1.165, 1.54) is 11.1 Å². The average Bonchev–Trinajstić information content (AvgIpc) is 3.37. The van der Waals surface area contributed by atoms with E-state index < -0.39 is 5.41 Å². The third-order valence-corrected chi connectivity index (χ3v) is 7.38. The molecule has 0 spiro atoms. The van der Waals surface area contributed by atoms with Crippen LogP contribution in [0, 0.1) is 0 Å². The van der Waals surface area contributed by atoms with E-state index in [4.69, 9.17) is 10.1 Å². The van der Waals surface area contributed by atoms with Gasteiger partial charge >= 0.3 is 0 Å². The van der Waals surface area contributed by atoms with Gasteiger partial charge in [-0.25, -0.2) is 0 Å². The summed E-state index contributed by atoms with van der Waals surface area (Å²) < 4.78 is 0.157. The predicted molar refractivity (Wildman–Crippen MR) is 134 cm³/mol. The molecular weight excluding hydrogens is 412 g/mol. The molecule has 4 aliphatic rings. The number of quaternary nitrogens is 1. The first kappa shape index (κ1) is 20.1. The summed E-state index contributed by atoms with van der Waals surface area (Å²) in [4.78, 5) is 21.4. The van der Waals surface area contributed by atoms with Crippen LogP contribution in [-0.2, 0) is 22.0 Å². The Morgan fingerprint density at radius 2 is 1.91 bits per heavy atom. The normalized spacial score (nSPS) is 25.2. The Morgan fingerprint density at radius 3 is 2.76 bits per heavy atom. The van der Waals surface area contributed by atoms with Crippen LogP contribution in [0.1, 0.15) is 50.8 Å². The van der Waals surface area contributed by atoms with E-state index in [9.17, 15) is 4.79 Å². The molecule has 0 aromatic heterocycles. The Hall–Kier alpha value is -3.58. The van der Waals surface area contributed by atoms with Gasteiger partial charge in [-0.2, -0.15) is 4.99 Å². The van der Waals surface area contributed by atoms with Crippen molar-refractivity contribution in [2.24, 2.45) is 15.1 Å². The minimum absolute atomic E-state index is 0.00983. The average molecular weight is 440 g/mol. The van der Waals surface area contributed by atoms with Gasteiger partial charge in [-0.15, -0.1) is 0 Å². The van der Waals surface area contributed by atoms with Crippen molar-refractivity contribution in [3.8, 4) is 0 Å².